The summed E-state index contributed by atoms with van der Waals surface area (Å²) in [5, 5.41) is 5.33. The molecule has 2 aliphatic rings. The van der Waals surface area contributed by atoms with Crippen LogP contribution in [-0.2, 0) is 9.53 Å². The van der Waals surface area contributed by atoms with Gasteiger partial charge in [0, 0.05) is 23.8 Å². The molecule has 2 heterocycles. The van der Waals surface area contributed by atoms with Gasteiger partial charge in [-0.3, -0.25) is 14.9 Å². The highest BCUT2D eigenvalue weighted by Crippen LogP contribution is 2.33. The molecule has 0 radical (unpaired) electrons. The number of ether oxygens (including phenoxy) is 1. The normalized spacial score (nSPS) is 21.2. The van der Waals surface area contributed by atoms with Gasteiger partial charge in [0.1, 0.15) is 5.60 Å². The number of anilines is 1. The lowest BCUT2D eigenvalue weighted by Crippen LogP contribution is -2.40. The maximum absolute atomic E-state index is 12.0. The molecule has 2 N–H and O–H groups in total. The van der Waals surface area contributed by atoms with Gasteiger partial charge in [-0.25, -0.2) is 4.79 Å². The number of nitrogens with zero attached hydrogens (tertiary/aromatic N) is 1. The van der Waals surface area contributed by atoms with Gasteiger partial charge in [-0.05, 0) is 62.7 Å². The number of hydrogen-bond donors (Lipinski definition) is 2. The molecule has 0 spiro atoms. The molecule has 1 atom stereocenters. The predicted octanol–water partition coefficient (Wildman–Crippen LogP) is 3.77. The zero-order valence-corrected chi connectivity index (χ0v) is 17.4. The number of imide groups is 1. The molecule has 1 aromatic rings. The minimum atomic E-state index is -0.550. The topological polar surface area (TPSA) is 87.7 Å². The minimum Gasteiger partial charge on any atom is -0.444 e. The van der Waals surface area contributed by atoms with E-state index in [9.17, 15) is 14.4 Å². The number of carbonyl (C=O) groups excluding carboxylic acids is 3. The summed E-state index contributed by atoms with van der Waals surface area (Å²) in [5.74, 6) is -0.401. The maximum atomic E-state index is 12.0. The van der Waals surface area contributed by atoms with Gasteiger partial charge in [-0.1, -0.05) is 17.7 Å². The van der Waals surface area contributed by atoms with Gasteiger partial charge in [0.25, 0.3) is 11.1 Å². The summed E-state index contributed by atoms with van der Waals surface area (Å²) < 4.78 is 5.32. The molecule has 0 bridgehead atoms. The second-order valence-electron chi connectivity index (χ2n) is 7.63. The van der Waals surface area contributed by atoms with E-state index in [0.29, 0.717) is 16.5 Å². The molecule has 0 aromatic heterocycles. The van der Waals surface area contributed by atoms with Gasteiger partial charge in [-0.15, -0.1) is 0 Å². The zero-order chi connectivity index (χ0) is 20.5. The van der Waals surface area contributed by atoms with Crippen LogP contribution in [-0.4, -0.2) is 42.0 Å². The van der Waals surface area contributed by atoms with Crippen LogP contribution in [0.25, 0.3) is 6.08 Å². The third kappa shape index (κ3) is 5.20. The standard InChI is InChI=1S/C19H22ClN3O4S/c1-19(2,3)27-17(25)21-13-6-7-23(10-13)14-9-12(20)5-4-11(14)8-15-16(24)22-18(26)28-15/h4-5,8-9,13H,6-7,10H2,1-3H3,(H,21,25)(H,22,24,26)/t13-/m0/s1. The molecule has 0 saturated carbocycles. The molecule has 9 heteroatoms. The number of thioether (sulfide) groups is 1. The quantitative estimate of drug-likeness (QED) is 0.719. The van der Waals surface area contributed by atoms with E-state index in [1.807, 2.05) is 32.9 Å². The van der Waals surface area contributed by atoms with Crippen molar-refractivity contribution in [2.24, 2.45) is 0 Å². The van der Waals surface area contributed by atoms with Gasteiger partial charge in [-0.2, -0.15) is 0 Å². The zero-order valence-electron chi connectivity index (χ0n) is 15.9. The van der Waals surface area contributed by atoms with Crippen LogP contribution in [0.1, 0.15) is 32.8 Å². The largest absolute Gasteiger partial charge is 0.444 e. The van der Waals surface area contributed by atoms with Gasteiger partial charge >= 0.3 is 6.09 Å². The highest BCUT2D eigenvalue weighted by atomic mass is 35.5. The smallest absolute Gasteiger partial charge is 0.407 e. The molecule has 2 fully saturated rings. The molecule has 3 amide bonds. The Hall–Kier alpha value is -2.19. The highest BCUT2D eigenvalue weighted by Gasteiger charge is 2.29. The summed E-state index contributed by atoms with van der Waals surface area (Å²) in [6.45, 7) is 6.77. The van der Waals surface area contributed by atoms with Crippen molar-refractivity contribution in [1.29, 1.82) is 0 Å². The molecular weight excluding hydrogens is 402 g/mol. The monoisotopic (exact) mass is 423 g/mol. The van der Waals surface area contributed by atoms with Crippen molar-refractivity contribution in [2.45, 2.75) is 38.8 Å². The minimum absolute atomic E-state index is 0.0555. The van der Waals surface area contributed by atoms with Crippen molar-refractivity contribution in [1.82, 2.24) is 10.6 Å². The number of alkyl carbamates (subject to hydrolysis) is 1. The van der Waals surface area contributed by atoms with E-state index in [1.165, 1.54) is 0 Å². The predicted molar refractivity (Wildman–Crippen MR) is 111 cm³/mol. The third-order valence-electron chi connectivity index (χ3n) is 4.17. The molecule has 28 heavy (non-hydrogen) atoms. The molecule has 0 aliphatic carbocycles. The summed E-state index contributed by atoms with van der Waals surface area (Å²) in [6, 6.07) is 5.32. The van der Waals surface area contributed by atoms with Crippen molar-refractivity contribution >= 4 is 52.4 Å². The Morgan fingerprint density at radius 2 is 2.14 bits per heavy atom. The molecule has 7 nitrogen and oxygen atoms in total. The van der Waals surface area contributed by atoms with Crippen molar-refractivity contribution in [3.05, 3.63) is 33.7 Å². The first kappa shape index (κ1) is 20.5. The average Bonchev–Trinajstić information content (AvgIpc) is 3.13. The van der Waals surface area contributed by atoms with Crippen LogP contribution < -0.4 is 15.5 Å². The number of hydrogen-bond acceptors (Lipinski definition) is 6. The second-order valence-corrected chi connectivity index (χ2v) is 9.08. The molecular formula is C19H22ClN3O4S. The van der Waals surface area contributed by atoms with Crippen LogP contribution in [0.3, 0.4) is 0 Å². The van der Waals surface area contributed by atoms with Gasteiger partial charge < -0.3 is 15.0 Å². The summed E-state index contributed by atoms with van der Waals surface area (Å²) in [6.07, 6.45) is 2.01. The number of rotatable bonds is 3. The second kappa shape index (κ2) is 8.05. The number of amides is 3. The third-order valence-corrected chi connectivity index (χ3v) is 5.22. The lowest BCUT2D eigenvalue weighted by Gasteiger charge is -2.23. The van der Waals surface area contributed by atoms with Crippen LogP contribution >= 0.6 is 23.4 Å². The van der Waals surface area contributed by atoms with E-state index in [4.69, 9.17) is 16.3 Å². The summed E-state index contributed by atoms with van der Waals surface area (Å²) in [7, 11) is 0. The number of benzene rings is 1. The van der Waals surface area contributed by atoms with Crippen molar-refractivity contribution in [2.75, 3.05) is 18.0 Å². The Kier molecular flexibility index (Phi) is 5.90. The summed E-state index contributed by atoms with van der Waals surface area (Å²) in [5.41, 5.74) is 1.09. The molecule has 3 rings (SSSR count). The van der Waals surface area contributed by atoms with Gasteiger partial charge in [0.2, 0.25) is 0 Å². The van der Waals surface area contributed by atoms with E-state index in [1.54, 1.807) is 12.1 Å². The fourth-order valence-electron chi connectivity index (χ4n) is 3.05. The number of carbonyl (C=O) groups is 3. The van der Waals surface area contributed by atoms with Gasteiger partial charge in [0.15, 0.2) is 0 Å². The van der Waals surface area contributed by atoms with Crippen molar-refractivity contribution < 1.29 is 19.1 Å². The van der Waals surface area contributed by atoms with Crippen LogP contribution in [0.5, 0.6) is 0 Å². The first-order valence-corrected chi connectivity index (χ1v) is 10.1. The molecule has 150 valence electrons. The first-order chi connectivity index (χ1) is 13.1. The fraction of sp³-hybridized carbons (Fsp3) is 0.421. The van der Waals surface area contributed by atoms with Crippen LogP contribution in [0.15, 0.2) is 23.1 Å². The van der Waals surface area contributed by atoms with Crippen LogP contribution in [0.4, 0.5) is 15.3 Å². The Balaban J connectivity index is 1.75. The van der Waals surface area contributed by atoms with Gasteiger partial charge in [0.05, 0.1) is 10.9 Å². The van der Waals surface area contributed by atoms with E-state index in [0.717, 1.165) is 36.0 Å². The highest BCUT2D eigenvalue weighted by molar-refractivity contribution is 8.18. The summed E-state index contributed by atoms with van der Waals surface area (Å²) >= 11 is 7.06. The van der Waals surface area contributed by atoms with Crippen molar-refractivity contribution in [3.63, 3.8) is 0 Å². The van der Waals surface area contributed by atoms with Crippen molar-refractivity contribution in [3.8, 4) is 0 Å². The fourth-order valence-corrected chi connectivity index (χ4v) is 3.89. The average molecular weight is 424 g/mol. The Morgan fingerprint density at radius 3 is 2.79 bits per heavy atom. The Bertz CT molecular complexity index is 850. The Labute approximate surface area is 172 Å². The van der Waals surface area contributed by atoms with Crippen LogP contribution in [0.2, 0.25) is 5.02 Å². The van der Waals surface area contributed by atoms with E-state index < -0.39 is 17.6 Å². The van der Waals surface area contributed by atoms with Crippen LogP contribution in [0, 0.1) is 0 Å². The lowest BCUT2D eigenvalue weighted by molar-refractivity contribution is -0.115. The Morgan fingerprint density at radius 1 is 1.39 bits per heavy atom. The van der Waals surface area contributed by atoms with E-state index in [-0.39, 0.29) is 11.3 Å². The molecule has 2 saturated heterocycles. The summed E-state index contributed by atoms with van der Waals surface area (Å²) in [4.78, 5) is 37.7. The first-order valence-electron chi connectivity index (χ1n) is 8.89. The number of nitrogens with one attached hydrogen (secondary N) is 2. The molecule has 1 aromatic carbocycles. The molecule has 0 unspecified atom stereocenters. The van der Waals surface area contributed by atoms with E-state index in [2.05, 4.69) is 15.5 Å². The maximum Gasteiger partial charge on any atom is 0.407 e. The SMILES string of the molecule is CC(C)(C)OC(=O)N[C@H]1CCN(c2cc(Cl)ccc2C=C2SC(=O)NC2=O)C1. The van der Waals surface area contributed by atoms with E-state index >= 15 is 0 Å². The lowest BCUT2D eigenvalue weighted by atomic mass is 10.1. The number of halogens is 1. The molecule has 2 aliphatic heterocycles.